The molecule has 0 aliphatic rings. The molecule has 0 saturated carbocycles. The van der Waals surface area contributed by atoms with E-state index in [4.69, 9.17) is 34.9 Å². The van der Waals surface area contributed by atoms with Gasteiger partial charge in [-0.3, -0.25) is 43.7 Å². The van der Waals surface area contributed by atoms with Crippen molar-refractivity contribution in [1.82, 2.24) is 29.9 Å². The van der Waals surface area contributed by atoms with Crippen molar-refractivity contribution in [2.75, 3.05) is 19.0 Å². The Morgan fingerprint density at radius 3 is 1.17 bits per heavy atom. The maximum Gasteiger partial charge on any atom is 0.269 e. The molecule has 0 bridgehead atoms. The van der Waals surface area contributed by atoms with Gasteiger partial charge in [0.15, 0.2) is 28.9 Å². The van der Waals surface area contributed by atoms with Crippen LogP contribution in [0.1, 0.15) is 69.2 Å². The van der Waals surface area contributed by atoms with Crippen LogP contribution >= 0.6 is 22.7 Å². The third-order valence-corrected chi connectivity index (χ3v) is 20.8. The van der Waals surface area contributed by atoms with Crippen molar-refractivity contribution in [1.29, 1.82) is 0 Å². The van der Waals surface area contributed by atoms with Gasteiger partial charge in [-0.1, -0.05) is 204 Å². The van der Waals surface area contributed by atoms with Crippen LogP contribution in [-0.4, -0.2) is 98.4 Å². The van der Waals surface area contributed by atoms with Gasteiger partial charge in [-0.25, -0.2) is 0 Å². The van der Waals surface area contributed by atoms with Crippen LogP contribution in [0.3, 0.4) is 0 Å². The average Bonchev–Trinajstić information content (AvgIpc) is 1.57. The summed E-state index contributed by atoms with van der Waals surface area (Å²) in [5.74, 6) is -0.312. The minimum atomic E-state index is -0.410. The van der Waals surface area contributed by atoms with E-state index in [-0.39, 0.29) is 158 Å². The molecular weight excluding hydrogens is 2660 g/mol. The predicted octanol–water partition coefficient (Wildman–Crippen LogP) is 26.8. The van der Waals surface area contributed by atoms with Gasteiger partial charge >= 0.3 is 0 Å². The molecule has 0 atom stereocenters. The molecule has 7 heterocycles. The molecule has 5 N–H and O–H groups in total. The smallest absolute Gasteiger partial charge is 0.269 e. The number of pyridine rings is 4. The van der Waals surface area contributed by atoms with E-state index in [1.165, 1.54) is 170 Å². The Hall–Kier alpha value is -13.1. The number of rotatable bonds is 11. The zero-order valence-electron chi connectivity index (χ0n) is 77.0. The molecule has 0 fully saturated rings. The van der Waals surface area contributed by atoms with Crippen molar-refractivity contribution < 1.29 is 154 Å². The van der Waals surface area contributed by atoms with E-state index < -0.39 is 5.63 Å². The molecular formula is C112H96Ir5N7O12S2-5. The maximum atomic E-state index is 12.3. The Labute approximate surface area is 876 Å². The Bertz CT molecular complexity index is 7150. The van der Waals surface area contributed by atoms with Gasteiger partial charge in [-0.05, 0) is 179 Å². The van der Waals surface area contributed by atoms with Gasteiger partial charge in [-0.15, -0.1) is 106 Å². The van der Waals surface area contributed by atoms with Crippen LogP contribution in [0.5, 0.6) is 0 Å². The molecule has 12 aromatic carbocycles. The summed E-state index contributed by atoms with van der Waals surface area (Å²) in [5.41, 5.74) is 10.5. The second-order valence-electron chi connectivity index (χ2n) is 30.1. The van der Waals surface area contributed by atoms with Crippen LogP contribution in [-0.2, 0) is 124 Å². The first-order chi connectivity index (χ1) is 63.9. The van der Waals surface area contributed by atoms with Crippen LogP contribution in [0.15, 0.2) is 372 Å². The van der Waals surface area contributed by atoms with Gasteiger partial charge in [0, 0.05) is 184 Å². The summed E-state index contributed by atoms with van der Waals surface area (Å²) in [7, 11) is 3.89. The van der Waals surface area contributed by atoms with Crippen molar-refractivity contribution in [2.45, 2.75) is 69.2 Å². The van der Waals surface area contributed by atoms with E-state index >= 15 is 0 Å². The second kappa shape index (κ2) is 58.5. The van der Waals surface area contributed by atoms with Crippen LogP contribution < -0.4 is 10.5 Å². The second-order valence-corrected chi connectivity index (χ2v) is 32.2. The third kappa shape index (κ3) is 35.8. The fraction of sp³-hybridized carbons (Fsp3) is 0.107. The topological polar surface area (TPSA) is 297 Å². The SMILES string of the molecule is CC(=O)C=C(C)O.CC(=O)C=C(C)O.CC(=O)C=C(C)O.CC(=O)C=C(C)O.CC(=O)C=C(C)O.CN(C)c1ccc2[c-]c(-c3nc4ccccc4s3)c(=O)oc2c1.[Ir].[Ir].[Ir].[Ir].[Ir].[c-]1cc2ccccc2cc1-c1nccc2ccccc12.[c-]1ccc2ccccc2c1-c1cc2ccccc2cn1.[c-]1ccc2ccccc2c1-c1nc2ccccc2s1.[c-]1cnccc1-c1nccc2ccccc12. The zero-order chi connectivity index (χ0) is 95.5. The number of para-hydroxylation sites is 2. The standard InChI is InChI=1S/2C19H12N.C18H13N2O2S.C17H10NS.C14H9N2.5C5H8O2.5Ir/c1-2-8-16-13-20-19(12-15(16)7-1)18-11-5-9-14-6-3-4-10-17(14)18;1-2-7-16-13-17(10-9-14(16)5-1)19-18-8-4-3-6-15(18)11-12-20-19;1-20(2)12-8-7-11-9-13(18(21)22-15(11)10-12)17-19-14-5-3-4-6-16(14)23-17;1-2-8-13-12(6-1)7-5-9-14(13)17-18-15-10-3-4-11-16(15)19-17;1-2-4-13-11(3-1)7-10-16-14(13)12-5-8-15-9-6-12;5*1-4(6)3-5(2)7;;;;;/h1-10,12-13H;1-9,11-13H;3-8,10H,1-2H3;1-8,10-11H;1-5,7-10H;5*3,6H,1-2H3;;;;;/q5*-1;;;;;;;;;;. The summed E-state index contributed by atoms with van der Waals surface area (Å²) in [4.78, 5) is 91.2. The van der Waals surface area contributed by atoms with Gasteiger partial charge in [0.05, 0.1) is 50.4 Å². The van der Waals surface area contributed by atoms with Crippen LogP contribution in [0.25, 0.3) is 151 Å². The van der Waals surface area contributed by atoms with Gasteiger partial charge < -0.3 is 49.8 Å². The van der Waals surface area contributed by atoms with E-state index in [2.05, 4.69) is 219 Å². The fourth-order valence-corrected chi connectivity index (χ4v) is 15.2. The summed E-state index contributed by atoms with van der Waals surface area (Å²) in [6.07, 6.45) is 14.9. The van der Waals surface area contributed by atoms with Crippen LogP contribution in [0.2, 0.25) is 0 Å². The van der Waals surface area contributed by atoms with E-state index in [0.29, 0.717) is 16.2 Å². The van der Waals surface area contributed by atoms with Gasteiger partial charge in [-0.2, -0.15) is 34.3 Å². The van der Waals surface area contributed by atoms with E-state index in [1.807, 2.05) is 147 Å². The number of carbonyl (C=O) groups excluding carboxylic acids is 5. The molecule has 19 rings (SSSR count). The third-order valence-electron chi connectivity index (χ3n) is 18.7. The number of aliphatic hydroxyl groups excluding tert-OH is 5. The monoisotopic (exact) mass is 2760 g/mol. The maximum absolute atomic E-state index is 12.3. The number of thiazole rings is 2. The molecule has 0 aliphatic carbocycles. The quantitative estimate of drug-likeness (QED) is 0.0348. The van der Waals surface area contributed by atoms with Crippen LogP contribution in [0, 0.1) is 30.3 Å². The van der Waals surface area contributed by atoms with Crippen molar-refractivity contribution in [2.24, 2.45) is 0 Å². The molecule has 0 saturated heterocycles. The number of ketones is 5. The Morgan fingerprint density at radius 1 is 0.362 bits per heavy atom. The number of carbonyl (C=O) groups is 5. The number of anilines is 1. The molecule has 0 aliphatic heterocycles. The summed E-state index contributed by atoms with van der Waals surface area (Å²) in [6, 6.07) is 108. The van der Waals surface area contributed by atoms with Crippen molar-refractivity contribution in [3.05, 3.63) is 404 Å². The summed E-state index contributed by atoms with van der Waals surface area (Å²) >= 11 is 3.19. The number of nitrogens with zero attached hydrogens (tertiary/aromatic N) is 7. The molecule has 7 aromatic heterocycles. The number of allylic oxidation sites excluding steroid dienone is 10. The fourth-order valence-electron chi connectivity index (χ4n) is 13.2. The predicted molar refractivity (Wildman–Crippen MR) is 542 cm³/mol. The molecule has 0 amide bonds. The minimum Gasteiger partial charge on any atom is -0.512 e. The number of aromatic nitrogens is 6. The van der Waals surface area contributed by atoms with Crippen molar-refractivity contribution >= 4 is 153 Å². The first kappa shape index (κ1) is 115. The Morgan fingerprint density at radius 2 is 0.746 bits per heavy atom. The van der Waals surface area contributed by atoms with Crippen molar-refractivity contribution in [3.63, 3.8) is 0 Å². The first-order valence-electron chi connectivity index (χ1n) is 41.8. The number of benzene rings is 12. The molecule has 0 spiro atoms. The Balaban J connectivity index is 0.000000279. The molecule has 5 radical (unpaired) electrons. The molecule has 713 valence electrons. The Kier molecular flexibility index (Phi) is 48.9. The minimum absolute atomic E-state index is 0. The molecule has 138 heavy (non-hydrogen) atoms. The molecule has 26 heteroatoms. The van der Waals surface area contributed by atoms with E-state index in [1.54, 1.807) is 23.7 Å². The first-order valence-corrected chi connectivity index (χ1v) is 43.4. The average molecular weight is 2760 g/mol. The van der Waals surface area contributed by atoms with Crippen molar-refractivity contribution in [3.8, 4) is 54.9 Å². The number of aliphatic hydroxyl groups is 5. The van der Waals surface area contributed by atoms with E-state index in [0.717, 1.165) is 81.9 Å². The largest absolute Gasteiger partial charge is 0.512 e. The summed E-state index contributed by atoms with van der Waals surface area (Å²) < 4.78 is 7.75. The van der Waals surface area contributed by atoms with E-state index in [9.17, 15) is 28.8 Å². The van der Waals surface area contributed by atoms with Gasteiger partial charge in [0.2, 0.25) is 0 Å². The molecule has 19 nitrogen and oxygen atoms in total. The summed E-state index contributed by atoms with van der Waals surface area (Å²) in [5, 5.41) is 58.6. The summed E-state index contributed by atoms with van der Waals surface area (Å²) in [6.45, 7) is 14.2. The zero-order valence-corrected chi connectivity index (χ0v) is 90.6. The van der Waals surface area contributed by atoms with Gasteiger partial charge in [0.25, 0.3) is 5.63 Å². The molecule has 0 unspecified atom stereocenters. The number of fused-ring (bicyclic) bond motifs is 9. The normalized spacial score (nSPS) is 10.7. The van der Waals surface area contributed by atoms with Gasteiger partial charge in [0.1, 0.15) is 0 Å². The molecule has 19 aromatic rings. The number of hydrogen-bond acceptors (Lipinski definition) is 21. The number of hydrogen-bond donors (Lipinski definition) is 5. The van der Waals surface area contributed by atoms with Crippen LogP contribution in [0.4, 0.5) is 5.69 Å².